The maximum atomic E-state index is 12.7. The molecule has 1 fully saturated rings. The number of fused-ring (bicyclic) bond motifs is 1. The Hall–Kier alpha value is -2.99. The zero-order valence-corrected chi connectivity index (χ0v) is 17.2. The molecule has 0 saturated carbocycles. The number of carboxylic acid groups (broad SMARTS) is 1. The third kappa shape index (κ3) is 3.87. The number of nitrogens with one attached hydrogen (secondary N) is 2. The van der Waals surface area contributed by atoms with Crippen LogP contribution in [0.5, 0.6) is 0 Å². The van der Waals surface area contributed by atoms with Gasteiger partial charge in [-0.1, -0.05) is 30.0 Å². The van der Waals surface area contributed by atoms with Gasteiger partial charge in [-0.3, -0.25) is 14.5 Å². The van der Waals surface area contributed by atoms with Gasteiger partial charge in [-0.2, -0.15) is 10.3 Å². The molecule has 1 unspecified atom stereocenters. The molecule has 1 saturated heterocycles. The quantitative estimate of drug-likeness (QED) is 0.270. The number of amides is 2. The van der Waals surface area contributed by atoms with Crippen LogP contribution in [0.2, 0.25) is 0 Å². The smallest absolute Gasteiger partial charge is 0.352 e. The van der Waals surface area contributed by atoms with E-state index in [0.717, 1.165) is 0 Å². The Morgan fingerprint density at radius 2 is 2.20 bits per heavy atom. The van der Waals surface area contributed by atoms with Gasteiger partial charge in [0.25, 0.3) is 5.91 Å². The number of nitrogen functional groups attached to an aromatic ring is 1. The lowest BCUT2D eigenvalue weighted by atomic mass is 10.0. The second-order valence-electron chi connectivity index (χ2n) is 6.68. The van der Waals surface area contributed by atoms with Gasteiger partial charge in [-0.15, -0.1) is 16.9 Å². The van der Waals surface area contributed by atoms with Gasteiger partial charge in [0, 0.05) is 17.2 Å². The van der Waals surface area contributed by atoms with Crippen LogP contribution in [0.25, 0.3) is 0 Å². The van der Waals surface area contributed by atoms with Gasteiger partial charge in [0.2, 0.25) is 5.91 Å². The Balaban J connectivity index is 1.44. The molecule has 0 bridgehead atoms. The Morgan fingerprint density at radius 3 is 2.90 bits per heavy atom. The minimum Gasteiger partial charge on any atom is -0.477 e. The summed E-state index contributed by atoms with van der Waals surface area (Å²) in [6.45, 7) is 0. The summed E-state index contributed by atoms with van der Waals surface area (Å²) < 4.78 is 0. The van der Waals surface area contributed by atoms with Crippen molar-refractivity contribution in [3.05, 3.63) is 47.3 Å². The van der Waals surface area contributed by atoms with Gasteiger partial charge in [0.15, 0.2) is 0 Å². The second kappa shape index (κ2) is 8.40. The van der Waals surface area contributed by atoms with E-state index < -0.39 is 23.3 Å². The number of rotatable bonds is 7. The molecule has 4 rings (SSSR count). The summed E-state index contributed by atoms with van der Waals surface area (Å²) in [6, 6.07) is 6.27. The fraction of sp³-hybridized carbons (Fsp3) is 0.278. The number of carbonyl (C=O) groups is 3. The number of hydrogen-bond donors (Lipinski definition) is 4. The molecule has 2 aliphatic rings. The maximum Gasteiger partial charge on any atom is 0.352 e. The molecule has 2 aliphatic heterocycles. The van der Waals surface area contributed by atoms with Crippen molar-refractivity contribution in [1.82, 2.24) is 25.6 Å². The van der Waals surface area contributed by atoms with Crippen molar-refractivity contribution in [2.45, 2.75) is 22.9 Å². The van der Waals surface area contributed by atoms with E-state index in [9.17, 15) is 19.5 Å². The highest BCUT2D eigenvalue weighted by Crippen LogP contribution is 2.41. The normalized spacial score (nSPS) is 20.5. The standard InChI is InChI=1S/C18H18N6O4S2/c19-11-4-2-1-3-9(11)5-12(25)21-14-16(26)24-15(18(27)28)10(8-30-17(14)24)7-29-13-6-20-23-22-13/h1-4,6,14,17H,5,7-8,19H2,(H,21,25)(H,27,28)(H,20,22,23)/t14?,17-/m1/s1. The predicted octanol–water partition coefficient (Wildman–Crippen LogP) is 0.460. The van der Waals surface area contributed by atoms with E-state index in [-0.39, 0.29) is 18.0 Å². The van der Waals surface area contributed by atoms with E-state index in [4.69, 9.17) is 5.73 Å². The Morgan fingerprint density at radius 1 is 1.40 bits per heavy atom. The minimum absolute atomic E-state index is 0.0162. The molecule has 1 aromatic heterocycles. The summed E-state index contributed by atoms with van der Waals surface area (Å²) in [5, 5.41) is 22.8. The lowest BCUT2D eigenvalue weighted by Crippen LogP contribution is -2.70. The lowest BCUT2D eigenvalue weighted by molar-refractivity contribution is -0.150. The lowest BCUT2D eigenvalue weighted by Gasteiger charge is -2.49. The van der Waals surface area contributed by atoms with E-state index in [1.54, 1.807) is 30.5 Å². The van der Waals surface area contributed by atoms with Crippen LogP contribution in [0, 0.1) is 0 Å². The highest BCUT2D eigenvalue weighted by atomic mass is 32.2. The van der Waals surface area contributed by atoms with Gasteiger partial charge >= 0.3 is 5.97 Å². The number of nitrogens with two attached hydrogens (primary N) is 1. The number of carbonyl (C=O) groups excluding carboxylic acids is 2. The number of nitrogens with zero attached hydrogens (tertiary/aromatic N) is 3. The topological polar surface area (TPSA) is 154 Å². The van der Waals surface area contributed by atoms with Crippen LogP contribution in [0.4, 0.5) is 5.69 Å². The number of aromatic amines is 1. The summed E-state index contributed by atoms with van der Waals surface area (Å²) >= 11 is 2.77. The molecule has 2 amide bonds. The van der Waals surface area contributed by atoms with Crippen LogP contribution in [0.1, 0.15) is 5.56 Å². The molecule has 10 nitrogen and oxygen atoms in total. The molecule has 3 heterocycles. The fourth-order valence-electron chi connectivity index (χ4n) is 3.31. The summed E-state index contributed by atoms with van der Waals surface area (Å²) in [7, 11) is 0. The minimum atomic E-state index is -1.16. The summed E-state index contributed by atoms with van der Waals surface area (Å²) in [6.07, 6.45) is 1.60. The van der Waals surface area contributed by atoms with Crippen molar-refractivity contribution in [3.63, 3.8) is 0 Å². The molecule has 2 aromatic rings. The number of hydrogen-bond acceptors (Lipinski definition) is 8. The number of benzene rings is 1. The van der Waals surface area contributed by atoms with Gasteiger partial charge < -0.3 is 16.2 Å². The third-order valence-corrected chi connectivity index (χ3v) is 7.08. The average Bonchev–Trinajstić information content (AvgIpc) is 3.25. The van der Waals surface area contributed by atoms with Crippen molar-refractivity contribution in [3.8, 4) is 0 Å². The molecule has 0 aliphatic carbocycles. The molecule has 5 N–H and O–H groups in total. The number of thioether (sulfide) groups is 2. The zero-order valence-electron chi connectivity index (χ0n) is 15.6. The molecule has 30 heavy (non-hydrogen) atoms. The maximum absolute atomic E-state index is 12.7. The van der Waals surface area contributed by atoms with Crippen LogP contribution in [-0.4, -0.2) is 66.1 Å². The number of anilines is 1. The third-order valence-electron chi connectivity index (χ3n) is 4.76. The number of β-lactam (4-membered cyclic amide) rings is 1. The molecule has 12 heteroatoms. The first-order valence-corrected chi connectivity index (χ1v) is 11.0. The first kappa shape index (κ1) is 20.3. The van der Waals surface area contributed by atoms with Crippen molar-refractivity contribution in [1.29, 1.82) is 0 Å². The van der Waals surface area contributed by atoms with Gasteiger partial charge in [-0.05, 0) is 17.2 Å². The molecule has 0 radical (unpaired) electrons. The van der Waals surface area contributed by atoms with Crippen LogP contribution in [0.3, 0.4) is 0 Å². The molecular weight excluding hydrogens is 428 g/mol. The van der Waals surface area contributed by atoms with Crippen molar-refractivity contribution in [2.24, 2.45) is 0 Å². The van der Waals surface area contributed by atoms with Crippen molar-refractivity contribution in [2.75, 3.05) is 17.2 Å². The van der Waals surface area contributed by atoms with E-state index >= 15 is 0 Å². The van der Waals surface area contributed by atoms with Crippen LogP contribution >= 0.6 is 23.5 Å². The first-order valence-electron chi connectivity index (χ1n) is 8.97. The van der Waals surface area contributed by atoms with E-state index in [1.165, 1.54) is 28.4 Å². The number of carboxylic acids is 1. The largest absolute Gasteiger partial charge is 0.477 e. The number of aliphatic carboxylic acids is 1. The predicted molar refractivity (Wildman–Crippen MR) is 111 cm³/mol. The Kier molecular flexibility index (Phi) is 5.68. The van der Waals surface area contributed by atoms with Crippen molar-refractivity contribution < 1.29 is 19.5 Å². The molecule has 2 atom stereocenters. The average molecular weight is 447 g/mol. The summed E-state index contributed by atoms with van der Waals surface area (Å²) in [4.78, 5) is 38.2. The zero-order chi connectivity index (χ0) is 21.3. The summed E-state index contributed by atoms with van der Waals surface area (Å²) in [5.41, 5.74) is 7.66. The van der Waals surface area contributed by atoms with Crippen LogP contribution in [-0.2, 0) is 20.8 Å². The highest BCUT2D eigenvalue weighted by Gasteiger charge is 2.54. The van der Waals surface area contributed by atoms with Gasteiger partial charge in [0.05, 0.1) is 12.6 Å². The van der Waals surface area contributed by atoms with E-state index in [1.807, 2.05) is 0 Å². The van der Waals surface area contributed by atoms with Gasteiger partial charge in [-0.25, -0.2) is 4.79 Å². The van der Waals surface area contributed by atoms with E-state index in [2.05, 4.69) is 20.7 Å². The summed E-state index contributed by atoms with van der Waals surface area (Å²) in [5.74, 6) is -1.10. The van der Waals surface area contributed by atoms with Crippen LogP contribution < -0.4 is 11.1 Å². The number of para-hydroxylation sites is 1. The van der Waals surface area contributed by atoms with Crippen molar-refractivity contribution >= 4 is 47.0 Å². The Bertz CT molecular complexity index is 1030. The second-order valence-corrected chi connectivity index (χ2v) is 8.79. The SMILES string of the molecule is Nc1ccccc1CC(=O)NC1C(=O)N2C(C(=O)O)=C(CSc3cn[nH]n3)CS[C@H]12. The number of aromatic nitrogens is 3. The number of H-pyrrole nitrogens is 1. The highest BCUT2D eigenvalue weighted by molar-refractivity contribution is 8.01. The molecular formula is C18H18N6O4S2. The van der Waals surface area contributed by atoms with Crippen LogP contribution in [0.15, 0.2) is 46.8 Å². The molecule has 1 aromatic carbocycles. The fourth-order valence-corrected chi connectivity index (χ4v) is 5.58. The first-order chi connectivity index (χ1) is 14.5. The monoisotopic (exact) mass is 446 g/mol. The molecule has 156 valence electrons. The Labute approximate surface area is 179 Å². The molecule has 0 spiro atoms. The van der Waals surface area contributed by atoms with E-state index in [0.29, 0.717) is 33.4 Å². The van der Waals surface area contributed by atoms with Gasteiger partial charge in [0.1, 0.15) is 22.1 Å².